The number of carbonyl (C=O) groups is 2. The molecular weight excluding hydrogens is 344 g/mol. The van der Waals surface area contributed by atoms with E-state index < -0.39 is 5.97 Å². The first kappa shape index (κ1) is 21.2. The number of carboxylic acid groups (broad SMARTS) is 1. The third kappa shape index (κ3) is 6.86. The minimum Gasteiger partial charge on any atom is -0.494 e. The lowest BCUT2D eigenvalue weighted by atomic mass is 10.1. The van der Waals surface area contributed by atoms with E-state index in [1.807, 2.05) is 41.1 Å². The SMILES string of the molecule is CC(C)CCOc1ccc(C(=O)N2CCCC(N(C)CC(=O)O)CC2)cc1. The molecule has 1 aliphatic heterocycles. The molecule has 0 radical (unpaired) electrons. The lowest BCUT2D eigenvalue weighted by Crippen LogP contribution is -2.37. The molecule has 0 bridgehead atoms. The molecule has 1 atom stereocenters. The average molecular weight is 376 g/mol. The summed E-state index contributed by atoms with van der Waals surface area (Å²) >= 11 is 0. The zero-order valence-corrected chi connectivity index (χ0v) is 16.7. The molecule has 0 spiro atoms. The zero-order chi connectivity index (χ0) is 19.8. The maximum Gasteiger partial charge on any atom is 0.317 e. The molecule has 150 valence electrons. The van der Waals surface area contributed by atoms with Gasteiger partial charge in [-0.25, -0.2) is 0 Å². The van der Waals surface area contributed by atoms with Gasteiger partial charge in [-0.3, -0.25) is 14.5 Å². The minimum absolute atomic E-state index is 0.0327. The van der Waals surface area contributed by atoms with Crippen molar-refractivity contribution in [1.82, 2.24) is 9.80 Å². The smallest absolute Gasteiger partial charge is 0.317 e. The summed E-state index contributed by atoms with van der Waals surface area (Å²) in [5.74, 6) is 0.612. The van der Waals surface area contributed by atoms with Crippen LogP contribution in [0.1, 0.15) is 49.9 Å². The number of carboxylic acids is 1. The molecule has 1 fully saturated rings. The molecule has 1 amide bonds. The van der Waals surface area contributed by atoms with Gasteiger partial charge in [-0.15, -0.1) is 0 Å². The highest BCUT2D eigenvalue weighted by Gasteiger charge is 2.24. The van der Waals surface area contributed by atoms with Gasteiger partial charge in [0, 0.05) is 24.7 Å². The Balaban J connectivity index is 1.88. The molecule has 0 aromatic heterocycles. The first-order chi connectivity index (χ1) is 12.9. The highest BCUT2D eigenvalue weighted by atomic mass is 16.5. The van der Waals surface area contributed by atoms with Crippen molar-refractivity contribution in [2.45, 2.75) is 45.6 Å². The summed E-state index contributed by atoms with van der Waals surface area (Å²) in [7, 11) is 1.84. The van der Waals surface area contributed by atoms with Gasteiger partial charge in [-0.2, -0.15) is 0 Å². The van der Waals surface area contributed by atoms with Gasteiger partial charge in [0.1, 0.15) is 5.75 Å². The molecule has 1 heterocycles. The second kappa shape index (κ2) is 10.3. The zero-order valence-electron chi connectivity index (χ0n) is 16.7. The van der Waals surface area contributed by atoms with E-state index in [0.29, 0.717) is 31.2 Å². The van der Waals surface area contributed by atoms with Gasteiger partial charge in [0.25, 0.3) is 5.91 Å². The summed E-state index contributed by atoms with van der Waals surface area (Å²) in [6, 6.07) is 7.57. The Bertz CT molecular complexity index is 615. The molecule has 1 aromatic carbocycles. The van der Waals surface area contributed by atoms with Crippen LogP contribution >= 0.6 is 0 Å². The van der Waals surface area contributed by atoms with Gasteiger partial charge in [-0.1, -0.05) is 13.8 Å². The minimum atomic E-state index is -0.814. The van der Waals surface area contributed by atoms with Crippen molar-refractivity contribution in [2.24, 2.45) is 5.92 Å². The van der Waals surface area contributed by atoms with Crippen LogP contribution in [0.5, 0.6) is 5.75 Å². The summed E-state index contributed by atoms with van der Waals surface area (Å²) in [6.07, 6.45) is 3.60. The number of ether oxygens (including phenoxy) is 1. The lowest BCUT2D eigenvalue weighted by molar-refractivity contribution is -0.138. The average Bonchev–Trinajstić information content (AvgIpc) is 2.87. The topological polar surface area (TPSA) is 70.1 Å². The highest BCUT2D eigenvalue weighted by molar-refractivity contribution is 5.94. The summed E-state index contributed by atoms with van der Waals surface area (Å²) in [4.78, 5) is 27.5. The number of benzene rings is 1. The molecule has 0 aliphatic carbocycles. The number of likely N-dealkylation sites (N-methyl/N-ethyl adjacent to an activating group) is 1. The highest BCUT2D eigenvalue weighted by Crippen LogP contribution is 2.19. The summed E-state index contributed by atoms with van der Waals surface area (Å²) in [6.45, 7) is 6.41. The molecule has 6 heteroatoms. The summed E-state index contributed by atoms with van der Waals surface area (Å²) in [5.41, 5.74) is 0.670. The van der Waals surface area contributed by atoms with Crippen molar-refractivity contribution in [1.29, 1.82) is 0 Å². The summed E-state index contributed by atoms with van der Waals surface area (Å²) in [5, 5.41) is 8.96. The van der Waals surface area contributed by atoms with E-state index >= 15 is 0 Å². The van der Waals surface area contributed by atoms with Crippen molar-refractivity contribution in [3.63, 3.8) is 0 Å². The maximum absolute atomic E-state index is 12.8. The van der Waals surface area contributed by atoms with Crippen molar-refractivity contribution >= 4 is 11.9 Å². The van der Waals surface area contributed by atoms with Crippen LogP contribution < -0.4 is 4.74 Å². The number of amides is 1. The van der Waals surface area contributed by atoms with Gasteiger partial charge >= 0.3 is 5.97 Å². The van der Waals surface area contributed by atoms with E-state index in [1.165, 1.54) is 0 Å². The Morgan fingerprint density at radius 1 is 1.22 bits per heavy atom. The largest absolute Gasteiger partial charge is 0.494 e. The fraction of sp³-hybridized carbons (Fsp3) is 0.619. The van der Waals surface area contributed by atoms with Crippen LogP contribution in [0.15, 0.2) is 24.3 Å². The lowest BCUT2D eigenvalue weighted by Gasteiger charge is -2.25. The van der Waals surface area contributed by atoms with E-state index in [2.05, 4.69) is 13.8 Å². The standard InChI is InChI=1S/C21H32N2O4/c1-16(2)11-14-27-19-8-6-17(7-9-19)21(26)23-12-4-5-18(10-13-23)22(3)15-20(24)25/h6-9,16,18H,4-5,10-15H2,1-3H3,(H,24,25). The molecule has 1 N–H and O–H groups in total. The normalized spacial score (nSPS) is 17.8. The fourth-order valence-corrected chi connectivity index (χ4v) is 3.35. The number of likely N-dealkylation sites (tertiary alicyclic amines) is 1. The third-order valence-electron chi connectivity index (χ3n) is 5.06. The van der Waals surface area contributed by atoms with Crippen LogP contribution in [0.25, 0.3) is 0 Å². The third-order valence-corrected chi connectivity index (χ3v) is 5.06. The van der Waals surface area contributed by atoms with Gasteiger partial charge in [-0.05, 0) is 62.9 Å². The number of rotatable bonds is 8. The maximum atomic E-state index is 12.8. The molecule has 1 saturated heterocycles. The van der Waals surface area contributed by atoms with E-state index in [4.69, 9.17) is 9.84 Å². The molecule has 0 saturated carbocycles. The molecule has 27 heavy (non-hydrogen) atoms. The van der Waals surface area contributed by atoms with Gasteiger partial charge in [0.2, 0.25) is 0 Å². The Morgan fingerprint density at radius 2 is 1.93 bits per heavy atom. The second-order valence-corrected chi connectivity index (χ2v) is 7.74. The predicted molar refractivity (Wildman–Crippen MR) is 105 cm³/mol. The summed E-state index contributed by atoms with van der Waals surface area (Å²) < 4.78 is 5.71. The van der Waals surface area contributed by atoms with E-state index in [0.717, 1.165) is 31.4 Å². The Kier molecular flexibility index (Phi) is 8.10. The van der Waals surface area contributed by atoms with Crippen molar-refractivity contribution in [2.75, 3.05) is 33.3 Å². The van der Waals surface area contributed by atoms with Crippen molar-refractivity contribution in [3.8, 4) is 5.75 Å². The predicted octanol–water partition coefficient (Wildman–Crippen LogP) is 3.12. The van der Waals surface area contributed by atoms with Crippen LogP contribution in [0, 0.1) is 5.92 Å². The molecule has 1 aromatic rings. The van der Waals surface area contributed by atoms with Gasteiger partial charge in [0.05, 0.1) is 13.2 Å². The number of nitrogens with zero attached hydrogens (tertiary/aromatic N) is 2. The monoisotopic (exact) mass is 376 g/mol. The number of hydrogen-bond donors (Lipinski definition) is 1. The Labute approximate surface area is 162 Å². The van der Waals surface area contributed by atoms with Crippen LogP contribution in [0.3, 0.4) is 0 Å². The van der Waals surface area contributed by atoms with E-state index in [9.17, 15) is 9.59 Å². The van der Waals surface area contributed by atoms with E-state index in [1.54, 1.807) is 0 Å². The van der Waals surface area contributed by atoms with Crippen LogP contribution in [0.4, 0.5) is 0 Å². The van der Waals surface area contributed by atoms with Crippen LogP contribution in [-0.2, 0) is 4.79 Å². The van der Waals surface area contributed by atoms with Crippen molar-refractivity contribution in [3.05, 3.63) is 29.8 Å². The first-order valence-corrected chi connectivity index (χ1v) is 9.81. The Morgan fingerprint density at radius 3 is 2.56 bits per heavy atom. The van der Waals surface area contributed by atoms with Crippen LogP contribution in [-0.4, -0.2) is 66.1 Å². The fourth-order valence-electron chi connectivity index (χ4n) is 3.35. The molecule has 1 unspecified atom stereocenters. The molecule has 2 rings (SSSR count). The van der Waals surface area contributed by atoms with E-state index in [-0.39, 0.29) is 18.5 Å². The molecule has 6 nitrogen and oxygen atoms in total. The van der Waals surface area contributed by atoms with Gasteiger partial charge < -0.3 is 14.7 Å². The molecular formula is C21H32N2O4. The first-order valence-electron chi connectivity index (χ1n) is 9.81. The molecule has 1 aliphatic rings. The number of hydrogen-bond acceptors (Lipinski definition) is 4. The quantitative estimate of drug-likeness (QED) is 0.755. The second-order valence-electron chi connectivity index (χ2n) is 7.74. The number of carbonyl (C=O) groups excluding carboxylic acids is 1. The van der Waals surface area contributed by atoms with Crippen LogP contribution in [0.2, 0.25) is 0 Å². The Hall–Kier alpha value is -2.08. The van der Waals surface area contributed by atoms with Gasteiger partial charge in [0.15, 0.2) is 0 Å². The van der Waals surface area contributed by atoms with Crippen molar-refractivity contribution < 1.29 is 19.4 Å². The number of aliphatic carboxylic acids is 1.